The first kappa shape index (κ1) is 12.5. The predicted molar refractivity (Wildman–Crippen MR) is 74.1 cm³/mol. The average molecular weight is 241 g/mol. The summed E-state index contributed by atoms with van der Waals surface area (Å²) < 4.78 is 0. The lowest BCUT2D eigenvalue weighted by Crippen LogP contribution is -2.34. The van der Waals surface area contributed by atoms with Crippen molar-refractivity contribution in [1.82, 2.24) is 4.90 Å². The molecule has 0 saturated carbocycles. The van der Waals surface area contributed by atoms with Crippen molar-refractivity contribution >= 4 is 5.69 Å². The van der Waals surface area contributed by atoms with E-state index >= 15 is 0 Å². The van der Waals surface area contributed by atoms with Crippen molar-refractivity contribution in [2.45, 2.75) is 33.9 Å². The lowest BCUT2D eigenvalue weighted by atomic mass is 10.0. The van der Waals surface area contributed by atoms with E-state index in [-0.39, 0.29) is 6.17 Å². The van der Waals surface area contributed by atoms with Gasteiger partial charge in [0.05, 0.1) is 0 Å². The number of nitriles is 1. The SMILES string of the molecule is Cc1cc(C)c(N2C=C(C#N)N(C)[C@@H]2C)cc1C. The molecular formula is C15H19N3. The number of benzene rings is 1. The van der Waals surface area contributed by atoms with E-state index in [2.05, 4.69) is 50.8 Å². The van der Waals surface area contributed by atoms with Gasteiger partial charge in [0.25, 0.3) is 0 Å². The summed E-state index contributed by atoms with van der Waals surface area (Å²) >= 11 is 0. The summed E-state index contributed by atoms with van der Waals surface area (Å²) in [5.74, 6) is 0. The maximum absolute atomic E-state index is 9.10. The summed E-state index contributed by atoms with van der Waals surface area (Å²) in [5, 5.41) is 9.10. The molecule has 3 heteroatoms. The molecule has 2 rings (SSSR count). The van der Waals surface area contributed by atoms with E-state index in [1.165, 1.54) is 22.4 Å². The molecule has 1 aromatic rings. The van der Waals surface area contributed by atoms with Crippen LogP contribution in [0.25, 0.3) is 0 Å². The number of hydrogen-bond donors (Lipinski definition) is 0. The van der Waals surface area contributed by atoms with Crippen molar-refractivity contribution < 1.29 is 0 Å². The van der Waals surface area contributed by atoms with E-state index in [9.17, 15) is 0 Å². The molecule has 94 valence electrons. The van der Waals surface area contributed by atoms with Crippen LogP contribution >= 0.6 is 0 Å². The molecule has 3 nitrogen and oxygen atoms in total. The standard InChI is InChI=1S/C15H19N3/c1-10-6-12(3)15(7-11(10)2)18-9-14(8-16)17(5)13(18)4/h6-7,9,13H,1-5H3/t13-/m0/s1. The third kappa shape index (κ3) is 1.84. The molecule has 0 aliphatic carbocycles. The molecule has 0 N–H and O–H groups in total. The van der Waals surface area contributed by atoms with Crippen molar-refractivity contribution in [2.75, 3.05) is 11.9 Å². The van der Waals surface area contributed by atoms with E-state index < -0.39 is 0 Å². The number of rotatable bonds is 1. The van der Waals surface area contributed by atoms with Crippen molar-refractivity contribution in [3.8, 4) is 6.07 Å². The molecule has 0 spiro atoms. The molecule has 1 heterocycles. The monoisotopic (exact) mass is 241 g/mol. The lowest BCUT2D eigenvalue weighted by Gasteiger charge is -2.29. The van der Waals surface area contributed by atoms with Gasteiger partial charge in [-0.15, -0.1) is 0 Å². The second kappa shape index (κ2) is 4.38. The highest BCUT2D eigenvalue weighted by molar-refractivity contribution is 5.61. The van der Waals surface area contributed by atoms with Gasteiger partial charge in [-0.25, -0.2) is 0 Å². The zero-order chi connectivity index (χ0) is 13.4. The zero-order valence-corrected chi connectivity index (χ0v) is 11.7. The van der Waals surface area contributed by atoms with Crippen LogP contribution in [0, 0.1) is 32.1 Å². The molecule has 0 aromatic heterocycles. The minimum absolute atomic E-state index is 0.181. The average Bonchev–Trinajstić information content (AvgIpc) is 2.61. The minimum atomic E-state index is 0.181. The molecule has 0 saturated heterocycles. The lowest BCUT2D eigenvalue weighted by molar-refractivity contribution is 0.367. The van der Waals surface area contributed by atoms with E-state index in [0.717, 1.165) is 0 Å². The number of hydrogen-bond acceptors (Lipinski definition) is 3. The first-order valence-corrected chi connectivity index (χ1v) is 6.16. The Morgan fingerprint density at radius 3 is 2.28 bits per heavy atom. The van der Waals surface area contributed by atoms with Gasteiger partial charge in [-0.3, -0.25) is 0 Å². The Kier molecular flexibility index (Phi) is 3.04. The Labute approximate surface area is 109 Å². The molecule has 0 fully saturated rings. The first-order valence-electron chi connectivity index (χ1n) is 6.16. The van der Waals surface area contributed by atoms with Gasteiger partial charge >= 0.3 is 0 Å². The molecule has 0 bridgehead atoms. The number of allylic oxidation sites excluding steroid dienone is 1. The van der Waals surface area contributed by atoms with Crippen LogP contribution in [0.15, 0.2) is 24.0 Å². The van der Waals surface area contributed by atoms with E-state index in [4.69, 9.17) is 5.26 Å². The van der Waals surface area contributed by atoms with Crippen molar-refractivity contribution in [2.24, 2.45) is 0 Å². The molecule has 1 aliphatic rings. The molecule has 0 amide bonds. The second-order valence-corrected chi connectivity index (χ2v) is 5.00. The Balaban J connectivity index is 2.48. The van der Waals surface area contributed by atoms with Crippen LogP contribution in [0.2, 0.25) is 0 Å². The Morgan fingerprint density at radius 1 is 1.11 bits per heavy atom. The van der Waals surface area contributed by atoms with Crippen LogP contribution < -0.4 is 4.90 Å². The van der Waals surface area contributed by atoms with Crippen LogP contribution in [-0.4, -0.2) is 18.1 Å². The van der Waals surface area contributed by atoms with Crippen LogP contribution in [0.3, 0.4) is 0 Å². The Hall–Kier alpha value is -1.95. The Morgan fingerprint density at radius 2 is 1.72 bits per heavy atom. The maximum Gasteiger partial charge on any atom is 0.134 e. The molecular weight excluding hydrogens is 222 g/mol. The van der Waals surface area contributed by atoms with Crippen molar-refractivity contribution in [3.05, 3.63) is 40.7 Å². The number of aryl methyl sites for hydroxylation is 3. The molecule has 1 aliphatic heterocycles. The second-order valence-electron chi connectivity index (χ2n) is 5.00. The third-order valence-corrected chi connectivity index (χ3v) is 3.81. The predicted octanol–water partition coefficient (Wildman–Crippen LogP) is 3.07. The fourth-order valence-electron chi connectivity index (χ4n) is 2.32. The van der Waals surface area contributed by atoms with Gasteiger partial charge in [0.15, 0.2) is 0 Å². The summed E-state index contributed by atoms with van der Waals surface area (Å²) in [6.07, 6.45) is 2.11. The highest BCUT2D eigenvalue weighted by Gasteiger charge is 2.27. The van der Waals surface area contributed by atoms with E-state index in [1.807, 2.05) is 18.1 Å². The van der Waals surface area contributed by atoms with Crippen LogP contribution in [0.1, 0.15) is 23.6 Å². The highest BCUT2D eigenvalue weighted by atomic mass is 15.4. The summed E-state index contributed by atoms with van der Waals surface area (Å²) in [6.45, 7) is 8.47. The quantitative estimate of drug-likeness (QED) is 0.757. The van der Waals surface area contributed by atoms with Crippen molar-refractivity contribution in [1.29, 1.82) is 5.26 Å². The zero-order valence-electron chi connectivity index (χ0n) is 11.7. The van der Waals surface area contributed by atoms with Gasteiger partial charge in [-0.1, -0.05) is 6.07 Å². The largest absolute Gasteiger partial charge is 0.344 e. The summed E-state index contributed by atoms with van der Waals surface area (Å²) in [6, 6.07) is 6.64. The molecule has 1 atom stereocenters. The number of nitrogens with zero attached hydrogens (tertiary/aromatic N) is 3. The molecule has 0 unspecified atom stereocenters. The van der Waals surface area contributed by atoms with Crippen LogP contribution in [-0.2, 0) is 0 Å². The maximum atomic E-state index is 9.10. The normalized spacial score (nSPS) is 18.9. The summed E-state index contributed by atoms with van der Waals surface area (Å²) in [5.41, 5.74) is 5.72. The first-order chi connectivity index (χ1) is 8.45. The molecule has 1 aromatic carbocycles. The third-order valence-electron chi connectivity index (χ3n) is 3.81. The molecule has 18 heavy (non-hydrogen) atoms. The fraction of sp³-hybridized carbons (Fsp3) is 0.400. The summed E-state index contributed by atoms with van der Waals surface area (Å²) in [4.78, 5) is 4.16. The highest BCUT2D eigenvalue weighted by Crippen LogP contribution is 2.31. The van der Waals surface area contributed by atoms with Gasteiger partial charge in [0.1, 0.15) is 17.9 Å². The number of anilines is 1. The van der Waals surface area contributed by atoms with Crippen LogP contribution in [0.4, 0.5) is 5.69 Å². The van der Waals surface area contributed by atoms with E-state index in [1.54, 1.807) is 0 Å². The van der Waals surface area contributed by atoms with Gasteiger partial charge in [0.2, 0.25) is 0 Å². The van der Waals surface area contributed by atoms with Gasteiger partial charge in [-0.2, -0.15) is 5.26 Å². The topological polar surface area (TPSA) is 30.3 Å². The van der Waals surface area contributed by atoms with Gasteiger partial charge in [-0.05, 0) is 50.5 Å². The fourth-order valence-corrected chi connectivity index (χ4v) is 2.32. The molecule has 0 radical (unpaired) electrons. The Bertz CT molecular complexity index is 552. The van der Waals surface area contributed by atoms with Crippen LogP contribution in [0.5, 0.6) is 0 Å². The van der Waals surface area contributed by atoms with E-state index in [0.29, 0.717) is 5.70 Å². The van der Waals surface area contributed by atoms with Gasteiger partial charge in [0, 0.05) is 18.9 Å². The summed E-state index contributed by atoms with van der Waals surface area (Å²) in [7, 11) is 1.95. The van der Waals surface area contributed by atoms with Gasteiger partial charge < -0.3 is 9.80 Å². The minimum Gasteiger partial charge on any atom is -0.344 e. The smallest absolute Gasteiger partial charge is 0.134 e. The van der Waals surface area contributed by atoms with Crippen molar-refractivity contribution in [3.63, 3.8) is 0 Å².